The maximum Gasteiger partial charge on any atom is 0.121 e. The number of rotatable bonds is 8. The molecule has 4 nitrogen and oxygen atoms in total. The molecule has 2 aromatic rings. The predicted octanol–water partition coefficient (Wildman–Crippen LogP) is 4.43. The van der Waals surface area contributed by atoms with Gasteiger partial charge in [-0.2, -0.15) is 0 Å². The van der Waals surface area contributed by atoms with E-state index in [1.54, 1.807) is 25.3 Å². The predicted molar refractivity (Wildman–Crippen MR) is 105 cm³/mol. The molecule has 0 aliphatic heterocycles. The van der Waals surface area contributed by atoms with E-state index in [1.165, 1.54) is 6.07 Å². The van der Waals surface area contributed by atoms with Gasteiger partial charge in [0.15, 0.2) is 0 Å². The zero-order valence-electron chi connectivity index (χ0n) is 14.6. The van der Waals surface area contributed by atoms with Gasteiger partial charge >= 0.3 is 0 Å². The number of hydrogen-bond donors (Lipinski definition) is 3. The van der Waals surface area contributed by atoms with Crippen molar-refractivity contribution in [2.24, 2.45) is 0 Å². The normalized spacial score (nSPS) is 12.9. The summed E-state index contributed by atoms with van der Waals surface area (Å²) in [6.07, 6.45) is 0.909. The SMILES string of the molecule is COCC(=C=CC[C@@H](O)c1cc(Br)ccc1O)C[C@@H](O)c1ccccc1. The average molecular weight is 419 g/mol. The monoisotopic (exact) mass is 418 g/mol. The van der Waals surface area contributed by atoms with Crippen LogP contribution in [-0.4, -0.2) is 29.0 Å². The Morgan fingerprint density at radius 3 is 2.58 bits per heavy atom. The number of methoxy groups -OCH3 is 1. The smallest absolute Gasteiger partial charge is 0.121 e. The largest absolute Gasteiger partial charge is 0.508 e. The van der Waals surface area contributed by atoms with E-state index >= 15 is 0 Å². The van der Waals surface area contributed by atoms with Crippen molar-refractivity contribution in [2.45, 2.75) is 25.0 Å². The van der Waals surface area contributed by atoms with Crippen molar-refractivity contribution >= 4 is 15.9 Å². The van der Waals surface area contributed by atoms with Crippen LogP contribution in [-0.2, 0) is 4.74 Å². The molecule has 3 N–H and O–H groups in total. The number of phenolic OH excluding ortho intramolecular Hbond substituents is 1. The molecule has 2 rings (SSSR count). The van der Waals surface area contributed by atoms with Crippen molar-refractivity contribution in [3.8, 4) is 5.75 Å². The van der Waals surface area contributed by atoms with Gasteiger partial charge in [-0.3, -0.25) is 0 Å². The number of ether oxygens (including phenoxy) is 1. The standard InChI is InChI=1S/C21H23BrO4/c1-26-14-15(12-21(25)16-7-3-2-4-8-16)6-5-9-19(23)18-13-17(22)10-11-20(18)24/h2-5,7-8,10-11,13,19,21,23-25H,9,12,14H2,1H3/t6?,19-,21-/m1/s1. The van der Waals surface area contributed by atoms with Crippen molar-refractivity contribution in [3.63, 3.8) is 0 Å². The Balaban J connectivity index is 2.08. The number of hydrogen-bond acceptors (Lipinski definition) is 4. The second kappa shape index (κ2) is 10.3. The van der Waals surface area contributed by atoms with Crippen LogP contribution in [0.1, 0.15) is 36.2 Å². The molecule has 0 aliphatic rings. The molecule has 0 bridgehead atoms. The number of aromatic hydroxyl groups is 1. The third-order valence-electron chi connectivity index (χ3n) is 3.94. The van der Waals surface area contributed by atoms with Gasteiger partial charge in [-0.1, -0.05) is 46.3 Å². The number of halogens is 1. The van der Waals surface area contributed by atoms with Crippen LogP contribution in [0.4, 0.5) is 0 Å². The van der Waals surface area contributed by atoms with Crippen LogP contribution >= 0.6 is 15.9 Å². The Morgan fingerprint density at radius 2 is 1.88 bits per heavy atom. The molecule has 0 radical (unpaired) electrons. The second-order valence-corrected chi connectivity index (χ2v) is 6.89. The van der Waals surface area contributed by atoms with Crippen molar-refractivity contribution in [3.05, 3.63) is 81.5 Å². The minimum Gasteiger partial charge on any atom is -0.508 e. The van der Waals surface area contributed by atoms with E-state index in [1.807, 2.05) is 30.3 Å². The number of phenols is 1. The van der Waals surface area contributed by atoms with Gasteiger partial charge < -0.3 is 20.1 Å². The highest BCUT2D eigenvalue weighted by molar-refractivity contribution is 9.10. The molecule has 0 fully saturated rings. The third kappa shape index (κ3) is 6.13. The summed E-state index contributed by atoms with van der Waals surface area (Å²) in [5.41, 5.74) is 5.20. The minimum absolute atomic E-state index is 0.0506. The van der Waals surface area contributed by atoms with Crippen LogP contribution in [0.25, 0.3) is 0 Å². The Kier molecular flexibility index (Phi) is 8.10. The van der Waals surface area contributed by atoms with E-state index in [9.17, 15) is 15.3 Å². The van der Waals surface area contributed by atoms with Crippen LogP contribution in [0.15, 0.2) is 70.4 Å². The van der Waals surface area contributed by atoms with Gasteiger partial charge in [0.25, 0.3) is 0 Å². The van der Waals surface area contributed by atoms with Crippen LogP contribution in [0, 0.1) is 0 Å². The maximum absolute atomic E-state index is 10.4. The molecule has 2 atom stereocenters. The highest BCUT2D eigenvalue weighted by Gasteiger charge is 2.12. The molecule has 0 heterocycles. The maximum atomic E-state index is 10.4. The number of benzene rings is 2. The fourth-order valence-corrected chi connectivity index (χ4v) is 2.97. The quantitative estimate of drug-likeness (QED) is 0.554. The lowest BCUT2D eigenvalue weighted by Crippen LogP contribution is -2.02. The van der Waals surface area contributed by atoms with E-state index in [0.717, 1.165) is 15.6 Å². The summed E-state index contributed by atoms with van der Waals surface area (Å²) in [6, 6.07) is 14.4. The van der Waals surface area contributed by atoms with Crippen molar-refractivity contribution in [2.75, 3.05) is 13.7 Å². The summed E-state index contributed by atoms with van der Waals surface area (Å²) in [6.45, 7) is 0.346. The van der Waals surface area contributed by atoms with E-state index in [0.29, 0.717) is 25.0 Å². The van der Waals surface area contributed by atoms with Crippen molar-refractivity contribution in [1.82, 2.24) is 0 Å². The zero-order chi connectivity index (χ0) is 18.9. The molecule has 0 spiro atoms. The fraction of sp³-hybridized carbons (Fsp3) is 0.286. The second-order valence-electron chi connectivity index (χ2n) is 5.97. The number of aliphatic hydroxyl groups is 2. The van der Waals surface area contributed by atoms with Gasteiger partial charge in [-0.15, -0.1) is 5.73 Å². The first-order valence-corrected chi connectivity index (χ1v) is 9.12. The van der Waals surface area contributed by atoms with Crippen molar-refractivity contribution < 1.29 is 20.1 Å². The molecule has 0 saturated heterocycles. The lowest BCUT2D eigenvalue weighted by atomic mass is 10.0. The van der Waals surface area contributed by atoms with E-state index in [4.69, 9.17) is 4.74 Å². The van der Waals surface area contributed by atoms with Gasteiger partial charge in [0, 0.05) is 30.0 Å². The molecular formula is C21H23BrO4. The average Bonchev–Trinajstić information content (AvgIpc) is 2.64. The Hall–Kier alpha value is -1.88. The highest BCUT2D eigenvalue weighted by atomic mass is 79.9. The Labute approximate surface area is 162 Å². The van der Waals surface area contributed by atoms with Gasteiger partial charge in [0.05, 0.1) is 18.8 Å². The van der Waals surface area contributed by atoms with E-state index in [-0.39, 0.29) is 5.75 Å². The van der Waals surface area contributed by atoms with Crippen molar-refractivity contribution in [1.29, 1.82) is 0 Å². The third-order valence-corrected chi connectivity index (χ3v) is 4.43. The fourth-order valence-electron chi connectivity index (χ4n) is 2.59. The minimum atomic E-state index is -0.845. The van der Waals surface area contributed by atoms with Gasteiger partial charge in [-0.05, 0) is 35.4 Å². The Bertz CT molecular complexity index is 767. The van der Waals surface area contributed by atoms with Gasteiger partial charge in [0.2, 0.25) is 0 Å². The summed E-state index contributed by atoms with van der Waals surface area (Å²) < 4.78 is 5.97. The highest BCUT2D eigenvalue weighted by Crippen LogP contribution is 2.29. The summed E-state index contributed by atoms with van der Waals surface area (Å²) >= 11 is 3.33. The van der Waals surface area contributed by atoms with Gasteiger partial charge in [-0.25, -0.2) is 0 Å². The lowest BCUT2D eigenvalue weighted by Gasteiger charge is -2.12. The van der Waals surface area contributed by atoms with Crippen LogP contribution in [0.2, 0.25) is 0 Å². The summed E-state index contributed by atoms with van der Waals surface area (Å²) in [4.78, 5) is 0. The molecule has 0 aromatic heterocycles. The topological polar surface area (TPSA) is 69.9 Å². The first kappa shape index (κ1) is 20.4. The molecule has 5 heteroatoms. The first-order valence-electron chi connectivity index (χ1n) is 8.32. The molecule has 0 amide bonds. The van der Waals surface area contributed by atoms with Gasteiger partial charge in [0.1, 0.15) is 5.75 Å². The van der Waals surface area contributed by atoms with Crippen LogP contribution in [0.3, 0.4) is 0 Å². The molecular weight excluding hydrogens is 396 g/mol. The zero-order valence-corrected chi connectivity index (χ0v) is 16.2. The van der Waals surface area contributed by atoms with Crippen LogP contribution in [0.5, 0.6) is 5.75 Å². The van der Waals surface area contributed by atoms with E-state index < -0.39 is 12.2 Å². The molecule has 0 unspecified atom stereocenters. The summed E-state index contributed by atoms with van der Waals surface area (Å²) in [5, 5.41) is 30.5. The summed E-state index contributed by atoms with van der Waals surface area (Å²) in [5.74, 6) is 0.0506. The number of aliphatic hydroxyl groups excluding tert-OH is 2. The molecule has 0 saturated carbocycles. The first-order chi connectivity index (χ1) is 12.5. The van der Waals surface area contributed by atoms with Crippen LogP contribution < -0.4 is 0 Å². The molecule has 0 aliphatic carbocycles. The molecule has 138 valence electrons. The van der Waals surface area contributed by atoms with E-state index in [2.05, 4.69) is 21.7 Å². The lowest BCUT2D eigenvalue weighted by molar-refractivity contribution is 0.164. The molecule has 26 heavy (non-hydrogen) atoms. The summed E-state index contributed by atoms with van der Waals surface area (Å²) in [7, 11) is 1.59. The Morgan fingerprint density at radius 1 is 1.15 bits per heavy atom. The molecule has 2 aromatic carbocycles.